The molecule has 2 heterocycles. The van der Waals surface area contributed by atoms with Gasteiger partial charge in [0.1, 0.15) is 11.5 Å². The molecule has 2 aromatic carbocycles. The summed E-state index contributed by atoms with van der Waals surface area (Å²) in [5.74, 6) is -0.271. The summed E-state index contributed by atoms with van der Waals surface area (Å²) in [5, 5.41) is 5.68. The van der Waals surface area contributed by atoms with E-state index in [2.05, 4.69) is 15.6 Å². The van der Waals surface area contributed by atoms with Crippen molar-refractivity contribution >= 4 is 28.5 Å². The number of carbonyl (C=O) groups excluding carboxylic acids is 2. The van der Waals surface area contributed by atoms with Crippen LogP contribution < -0.4 is 10.6 Å². The summed E-state index contributed by atoms with van der Waals surface area (Å²) in [7, 11) is 1.61. The molecule has 0 unspecified atom stereocenters. The number of amides is 2. The third-order valence-corrected chi connectivity index (χ3v) is 5.43. The molecule has 2 aromatic heterocycles. The van der Waals surface area contributed by atoms with E-state index in [9.17, 15) is 14.0 Å². The van der Waals surface area contributed by atoms with Crippen LogP contribution in [-0.2, 0) is 22.5 Å². The summed E-state index contributed by atoms with van der Waals surface area (Å²) in [4.78, 5) is 34.3. The van der Waals surface area contributed by atoms with Gasteiger partial charge in [-0.2, -0.15) is 0 Å². The second kappa shape index (κ2) is 10.9. The van der Waals surface area contributed by atoms with Crippen LogP contribution in [0.15, 0.2) is 60.8 Å². The summed E-state index contributed by atoms with van der Waals surface area (Å²) >= 11 is 0. The van der Waals surface area contributed by atoms with Crippen LogP contribution in [0.2, 0.25) is 0 Å². The lowest BCUT2D eigenvalue weighted by Gasteiger charge is -2.13. The maximum absolute atomic E-state index is 13.3. The molecule has 0 spiro atoms. The molecule has 4 rings (SSSR count). The van der Waals surface area contributed by atoms with Crippen molar-refractivity contribution in [1.29, 1.82) is 0 Å². The molecule has 0 fully saturated rings. The number of hydrogen-bond acceptors (Lipinski definition) is 5. The fourth-order valence-electron chi connectivity index (χ4n) is 3.87. The molecule has 0 saturated heterocycles. The number of nitrogens with zero attached hydrogens (tertiary/aromatic N) is 3. The molecular weight excluding hydrogens is 449 g/mol. The van der Waals surface area contributed by atoms with Crippen LogP contribution in [0.1, 0.15) is 22.8 Å². The Morgan fingerprint density at radius 3 is 2.60 bits per heavy atom. The van der Waals surface area contributed by atoms with Gasteiger partial charge in [-0.05, 0) is 48.4 Å². The second-order valence-corrected chi connectivity index (χ2v) is 8.00. The molecule has 0 atom stereocenters. The van der Waals surface area contributed by atoms with Crippen molar-refractivity contribution < 1.29 is 18.7 Å². The lowest BCUT2D eigenvalue weighted by Crippen LogP contribution is -2.26. The maximum atomic E-state index is 13.3. The number of nitrogens with one attached hydrogen (secondary N) is 2. The lowest BCUT2D eigenvalue weighted by molar-refractivity contribution is -0.114. The molecule has 2 amide bonds. The van der Waals surface area contributed by atoms with Crippen LogP contribution in [-0.4, -0.2) is 46.6 Å². The standard InChI is InChI=1S/C26H26FN5O3/c1-17(33)30-20-15-21(26(34)29-12-10-18-6-8-19(27)9-7-18)24-23(16-20)31-25(32(24)13-14-35-2)22-5-3-4-11-28-22/h3-9,11,15-16H,10,12-14H2,1-2H3,(H,29,34)(H,30,33). The van der Waals surface area contributed by atoms with Crippen molar-refractivity contribution in [2.24, 2.45) is 0 Å². The molecule has 35 heavy (non-hydrogen) atoms. The highest BCUT2D eigenvalue weighted by Crippen LogP contribution is 2.29. The smallest absolute Gasteiger partial charge is 0.253 e. The van der Waals surface area contributed by atoms with Crippen LogP contribution >= 0.6 is 0 Å². The maximum Gasteiger partial charge on any atom is 0.253 e. The normalized spacial score (nSPS) is 10.9. The van der Waals surface area contributed by atoms with Crippen LogP contribution in [0, 0.1) is 5.82 Å². The lowest BCUT2D eigenvalue weighted by atomic mass is 10.1. The molecule has 0 aliphatic carbocycles. The van der Waals surface area contributed by atoms with Gasteiger partial charge in [-0.3, -0.25) is 14.6 Å². The molecule has 0 aliphatic rings. The van der Waals surface area contributed by atoms with Gasteiger partial charge in [0.25, 0.3) is 5.91 Å². The Kier molecular flexibility index (Phi) is 7.47. The first kappa shape index (κ1) is 24.0. The predicted octanol–water partition coefficient (Wildman–Crippen LogP) is 3.81. The molecular formula is C26H26FN5O3. The van der Waals surface area contributed by atoms with E-state index in [4.69, 9.17) is 9.72 Å². The number of pyridine rings is 1. The quantitative estimate of drug-likeness (QED) is 0.384. The predicted molar refractivity (Wildman–Crippen MR) is 132 cm³/mol. The van der Waals surface area contributed by atoms with Crippen LogP contribution in [0.3, 0.4) is 0 Å². The van der Waals surface area contributed by atoms with Gasteiger partial charge < -0.3 is 19.9 Å². The van der Waals surface area contributed by atoms with E-state index in [0.29, 0.717) is 59.9 Å². The number of anilines is 1. The van der Waals surface area contributed by atoms with Gasteiger partial charge >= 0.3 is 0 Å². The number of methoxy groups -OCH3 is 1. The van der Waals surface area contributed by atoms with Crippen molar-refractivity contribution in [1.82, 2.24) is 19.9 Å². The molecule has 0 bridgehead atoms. The van der Waals surface area contributed by atoms with E-state index in [1.54, 1.807) is 37.6 Å². The molecule has 9 heteroatoms. The van der Waals surface area contributed by atoms with Crippen molar-refractivity contribution in [3.05, 3.63) is 77.7 Å². The first-order valence-electron chi connectivity index (χ1n) is 11.2. The summed E-state index contributed by atoms with van der Waals surface area (Å²) in [5.41, 5.74) is 3.58. The van der Waals surface area contributed by atoms with Crippen molar-refractivity contribution in [3.63, 3.8) is 0 Å². The summed E-state index contributed by atoms with van der Waals surface area (Å²) in [6.07, 6.45) is 2.23. The fourth-order valence-corrected chi connectivity index (χ4v) is 3.87. The van der Waals surface area contributed by atoms with Crippen LogP contribution in [0.25, 0.3) is 22.6 Å². The average Bonchev–Trinajstić information content (AvgIpc) is 3.21. The molecule has 0 saturated carbocycles. The Bertz CT molecular complexity index is 1340. The summed E-state index contributed by atoms with van der Waals surface area (Å²) in [6.45, 7) is 2.62. The second-order valence-electron chi connectivity index (χ2n) is 8.00. The molecule has 2 N–H and O–H groups in total. The van der Waals surface area contributed by atoms with Crippen molar-refractivity contribution in [3.8, 4) is 11.5 Å². The zero-order valence-electron chi connectivity index (χ0n) is 19.5. The molecule has 0 radical (unpaired) electrons. The third kappa shape index (κ3) is 5.70. The minimum absolute atomic E-state index is 0.254. The van der Waals surface area contributed by atoms with Gasteiger partial charge in [0, 0.05) is 39.0 Å². The number of carbonyl (C=O) groups is 2. The van der Waals surface area contributed by atoms with Crippen molar-refractivity contribution in [2.45, 2.75) is 19.9 Å². The topological polar surface area (TPSA) is 98.1 Å². The zero-order valence-corrected chi connectivity index (χ0v) is 19.5. The minimum Gasteiger partial charge on any atom is -0.383 e. The number of ether oxygens (including phenoxy) is 1. The Morgan fingerprint density at radius 2 is 1.91 bits per heavy atom. The van der Waals surface area contributed by atoms with E-state index in [-0.39, 0.29) is 17.6 Å². The van der Waals surface area contributed by atoms with Gasteiger partial charge in [-0.1, -0.05) is 18.2 Å². The Morgan fingerprint density at radius 1 is 1.11 bits per heavy atom. The van der Waals surface area contributed by atoms with Gasteiger partial charge in [0.2, 0.25) is 5.91 Å². The molecule has 0 aliphatic heterocycles. The summed E-state index contributed by atoms with van der Waals surface area (Å²) < 4.78 is 20.4. The SMILES string of the molecule is COCCn1c(-c2ccccn2)nc2cc(NC(C)=O)cc(C(=O)NCCc3ccc(F)cc3)c21. The van der Waals surface area contributed by atoms with Gasteiger partial charge in [0.05, 0.1) is 23.2 Å². The minimum atomic E-state index is -0.310. The Labute approximate surface area is 202 Å². The highest BCUT2D eigenvalue weighted by molar-refractivity contribution is 6.08. The molecule has 180 valence electrons. The Hall–Kier alpha value is -4.11. The van der Waals surface area contributed by atoms with Gasteiger partial charge in [0.15, 0.2) is 5.82 Å². The molecule has 4 aromatic rings. The van der Waals surface area contributed by atoms with E-state index < -0.39 is 0 Å². The number of aromatic nitrogens is 3. The third-order valence-electron chi connectivity index (χ3n) is 5.43. The number of halogens is 1. The largest absolute Gasteiger partial charge is 0.383 e. The van der Waals surface area contributed by atoms with E-state index >= 15 is 0 Å². The first-order chi connectivity index (χ1) is 17.0. The average molecular weight is 476 g/mol. The summed E-state index contributed by atoms with van der Waals surface area (Å²) in [6, 6.07) is 15.1. The first-order valence-corrected chi connectivity index (χ1v) is 11.2. The highest BCUT2D eigenvalue weighted by Gasteiger charge is 2.21. The zero-order chi connectivity index (χ0) is 24.8. The number of benzene rings is 2. The number of fused-ring (bicyclic) bond motifs is 1. The van der Waals surface area contributed by atoms with Gasteiger partial charge in [-0.15, -0.1) is 0 Å². The monoisotopic (exact) mass is 475 g/mol. The van der Waals surface area contributed by atoms with Gasteiger partial charge in [-0.25, -0.2) is 9.37 Å². The molecule has 8 nitrogen and oxygen atoms in total. The number of hydrogen-bond donors (Lipinski definition) is 2. The van der Waals surface area contributed by atoms with E-state index in [1.165, 1.54) is 19.1 Å². The van der Waals surface area contributed by atoms with Crippen molar-refractivity contribution in [2.75, 3.05) is 25.6 Å². The van der Waals surface area contributed by atoms with Crippen LogP contribution in [0.4, 0.5) is 10.1 Å². The van der Waals surface area contributed by atoms with E-state index in [0.717, 1.165) is 5.56 Å². The van der Waals surface area contributed by atoms with Crippen LogP contribution in [0.5, 0.6) is 0 Å². The number of imidazole rings is 1. The Balaban J connectivity index is 1.73. The number of rotatable bonds is 9. The van der Waals surface area contributed by atoms with E-state index in [1.807, 2.05) is 22.8 Å². The highest BCUT2D eigenvalue weighted by atomic mass is 19.1. The fraction of sp³-hybridized carbons (Fsp3) is 0.231.